The number of benzene rings is 2. The number of amides is 14. The van der Waals surface area contributed by atoms with Gasteiger partial charge in [-0.05, 0) is 81.8 Å². The first-order valence-electron chi connectivity index (χ1n) is 38.0. The van der Waals surface area contributed by atoms with Gasteiger partial charge >= 0.3 is 5.97 Å². The van der Waals surface area contributed by atoms with E-state index in [-0.39, 0.29) is 81.3 Å². The SMILES string of the molecule is C=C1NC(=O)[C@H]([C@@H](C)CC)NC(=O)[C@@H]2CSSC[C@H](NC(=O)CCC(O)O)C(=O)N[C@H](Cc3ccccc3)C(=O)N[C@H](C)C(=O)N[C@@H](C[C@@H](C)CC)C(=O)N[C@@H](C(=O)N[C@H](Cc3ccccc3)C(=O)N3CCC[C@H]3C(=O)N2)[C@@H](C)OC(=O)[C@H](CO)NC(=O)[C@H]([C@@H](C)OC)N(C)C(=O)[C@@H](CC)NC(=O)[C@H](C[C@H](C)CC)NC1=O. The van der Waals surface area contributed by atoms with Gasteiger partial charge in [-0.1, -0.05) is 157 Å². The third-order valence-electron chi connectivity index (χ3n) is 20.1. The maximum Gasteiger partial charge on any atom is 0.331 e. The van der Waals surface area contributed by atoms with Crippen molar-refractivity contribution in [2.24, 2.45) is 17.8 Å². The van der Waals surface area contributed by atoms with Crippen LogP contribution in [-0.4, -0.2) is 250 Å². The van der Waals surface area contributed by atoms with Crippen LogP contribution in [0.4, 0.5) is 0 Å². The van der Waals surface area contributed by atoms with E-state index in [9.17, 15) is 63.3 Å². The molecular formula is C76H114N14O20S2. The molecule has 14 amide bonds. The Morgan fingerprint density at radius 2 is 1.15 bits per heavy atom. The number of nitrogens with one attached hydrogen (secondary N) is 12. The van der Waals surface area contributed by atoms with E-state index in [1.807, 2.05) is 6.92 Å². The van der Waals surface area contributed by atoms with Gasteiger partial charge in [0.15, 0.2) is 12.3 Å². The fraction of sp³-hybridized carbons (Fsp3) is 0.618. The van der Waals surface area contributed by atoms with Crippen molar-refractivity contribution in [2.75, 3.05) is 38.8 Å². The number of carbonyl (C=O) groups excluding carboxylic acids is 15. The van der Waals surface area contributed by atoms with E-state index in [0.29, 0.717) is 24.0 Å². The zero-order chi connectivity index (χ0) is 83.2. The van der Waals surface area contributed by atoms with E-state index < -0.39 is 217 Å². The maximum atomic E-state index is 15.5. The van der Waals surface area contributed by atoms with Gasteiger partial charge in [0, 0.05) is 57.9 Å². The van der Waals surface area contributed by atoms with E-state index in [4.69, 9.17) is 9.47 Å². The van der Waals surface area contributed by atoms with Gasteiger partial charge in [-0.25, -0.2) is 4.79 Å². The molecule has 0 radical (unpaired) electrons. The highest BCUT2D eigenvalue weighted by Crippen LogP contribution is 2.27. The lowest BCUT2D eigenvalue weighted by molar-refractivity contribution is -0.158. The summed E-state index contributed by atoms with van der Waals surface area (Å²) in [6.07, 6.45) is -5.17. The number of nitrogens with zero attached hydrogens (tertiary/aromatic N) is 2. The molecule has 36 heteroatoms. The molecule has 0 unspecified atom stereocenters. The number of ether oxygens (including phenoxy) is 2. The number of hydrogen-bond donors (Lipinski definition) is 15. The standard InChI is InChI=1S/C76H114N14O20S2/c1-14-40(5)33-50-66(98)80-49(17-4)74(106)89(12)62(46(11)109-13)73(105)85-54(37-91)76(108)110-45(10)61-72(104)84-53(36-48-27-22-19-23-28-48)75(107)90-32-24-29-57(90)70(102)86-56(69(101)87-60(42(7)16-3)71(103)78-44(9)64(96)81-50)39-112-111-38-55(79-58(92)30-31-59(93)94)68(100)83-52(35-47-25-20-18-21-26-47)65(97)77-43(8)63(95)82-51(67(99)88-61)34-41(6)15-2/h18-23,25-28,40-43,45-46,49-57,59-62,91,93-94H,9,14-17,24,29-39H2,1-8,10-13H3,(H,77,97)(H,78,103)(H,79,92)(H,80,98)(H,81,96)(H,82,95)(H,83,100)(H,84,104)(H,85,105)(H,86,102)(H,87,101)(H,88,99)/t40-,41+,42+,43-,45-,46-,49-,50+,51+,52-,53-,54+,55+,56+,57+,60+,61-,62+/m1/s1. The lowest BCUT2D eigenvalue weighted by Crippen LogP contribution is -2.63. The summed E-state index contributed by atoms with van der Waals surface area (Å²) in [5, 5.41) is 61.7. The maximum absolute atomic E-state index is 15.5. The summed E-state index contributed by atoms with van der Waals surface area (Å²) >= 11 is 0. The lowest BCUT2D eigenvalue weighted by atomic mass is 9.97. The minimum Gasteiger partial charge on any atom is -0.458 e. The molecule has 3 aliphatic heterocycles. The largest absolute Gasteiger partial charge is 0.458 e. The van der Waals surface area contributed by atoms with E-state index >= 15 is 24.0 Å². The highest BCUT2D eigenvalue weighted by atomic mass is 33.1. The minimum atomic E-state index is -2.04. The summed E-state index contributed by atoms with van der Waals surface area (Å²) in [7, 11) is 4.27. The normalized spacial score (nSPS) is 27.6. The first kappa shape index (κ1) is 93.4. The van der Waals surface area contributed by atoms with Crippen LogP contribution in [0.5, 0.6) is 0 Å². The van der Waals surface area contributed by atoms with Crippen LogP contribution in [0.15, 0.2) is 72.9 Å². The number of aliphatic hydroxyl groups excluding tert-OH is 2. The molecule has 3 heterocycles. The number of aliphatic hydroxyl groups is 3. The number of rotatable bonds is 20. The summed E-state index contributed by atoms with van der Waals surface area (Å²) in [6, 6.07) is -3.94. The molecule has 3 aliphatic rings. The van der Waals surface area contributed by atoms with Crippen molar-refractivity contribution in [1.82, 2.24) is 73.6 Å². The number of likely N-dealkylation sites (N-methyl/N-ethyl adjacent to an activating group) is 1. The average molecular weight is 1610 g/mol. The monoisotopic (exact) mass is 1610 g/mol. The van der Waals surface area contributed by atoms with Crippen molar-refractivity contribution in [1.29, 1.82) is 0 Å². The average Bonchev–Trinajstić information content (AvgIpc) is 1.43. The van der Waals surface area contributed by atoms with Crippen LogP contribution >= 0.6 is 21.6 Å². The Morgan fingerprint density at radius 3 is 1.72 bits per heavy atom. The summed E-state index contributed by atoms with van der Waals surface area (Å²) in [5.41, 5.74) is 0.427. The van der Waals surface area contributed by atoms with Crippen LogP contribution in [0.2, 0.25) is 0 Å². The Kier molecular flexibility index (Phi) is 38.4. The van der Waals surface area contributed by atoms with E-state index in [1.165, 1.54) is 39.8 Å². The molecule has 2 bridgehead atoms. The molecule has 0 spiro atoms. The quantitative estimate of drug-likeness (QED) is 0.0329. The molecule has 15 N–H and O–H groups in total. The van der Waals surface area contributed by atoms with Gasteiger partial charge in [-0.3, -0.25) is 67.1 Å². The topological polar surface area (TPSA) is 486 Å². The molecule has 34 nitrogen and oxygen atoms in total. The second-order valence-electron chi connectivity index (χ2n) is 28.8. The molecule has 3 fully saturated rings. The van der Waals surface area contributed by atoms with E-state index in [0.717, 1.165) is 26.5 Å². The van der Waals surface area contributed by atoms with Crippen molar-refractivity contribution in [3.05, 3.63) is 84.1 Å². The minimum absolute atomic E-state index is 0.00502. The van der Waals surface area contributed by atoms with Gasteiger partial charge in [-0.15, -0.1) is 0 Å². The molecule has 0 aliphatic carbocycles. The van der Waals surface area contributed by atoms with Gasteiger partial charge in [-0.2, -0.15) is 0 Å². The Bertz CT molecular complexity index is 3600. The Labute approximate surface area is 661 Å². The Hall–Kier alpha value is -9.23. The highest BCUT2D eigenvalue weighted by Gasteiger charge is 2.45. The van der Waals surface area contributed by atoms with E-state index in [2.05, 4.69) is 70.4 Å². The van der Waals surface area contributed by atoms with Crippen molar-refractivity contribution >= 4 is 110 Å². The molecular weight excluding hydrogens is 1490 g/mol. The first-order chi connectivity index (χ1) is 53.1. The Morgan fingerprint density at radius 1 is 0.607 bits per heavy atom. The highest BCUT2D eigenvalue weighted by molar-refractivity contribution is 8.76. The summed E-state index contributed by atoms with van der Waals surface area (Å²) in [4.78, 5) is 224. The molecule has 0 aromatic heterocycles. The molecule has 112 heavy (non-hydrogen) atoms. The van der Waals surface area contributed by atoms with Crippen molar-refractivity contribution in [2.45, 2.75) is 243 Å². The van der Waals surface area contributed by atoms with Crippen LogP contribution in [0.3, 0.4) is 0 Å². The van der Waals surface area contributed by atoms with Crippen LogP contribution in [-0.2, 0) is 94.2 Å². The summed E-state index contributed by atoms with van der Waals surface area (Å²) < 4.78 is 11.5. The molecule has 0 saturated carbocycles. The predicted octanol–water partition coefficient (Wildman–Crippen LogP) is -0.941. The zero-order valence-electron chi connectivity index (χ0n) is 65.8. The zero-order valence-corrected chi connectivity index (χ0v) is 67.4. The lowest BCUT2D eigenvalue weighted by Gasteiger charge is -2.35. The number of cyclic esters (lactones) is 1. The van der Waals surface area contributed by atoms with Crippen LogP contribution in [0.25, 0.3) is 0 Å². The molecule has 3 saturated heterocycles. The number of fused-ring (bicyclic) bond motifs is 6. The molecule has 2 aromatic rings. The number of carbonyl (C=O) groups is 15. The number of esters is 1. The van der Waals surface area contributed by atoms with Gasteiger partial charge in [0.2, 0.25) is 76.8 Å². The van der Waals surface area contributed by atoms with Crippen LogP contribution in [0.1, 0.15) is 145 Å². The van der Waals surface area contributed by atoms with Crippen LogP contribution < -0.4 is 63.8 Å². The molecule has 5 rings (SSSR count). The predicted molar refractivity (Wildman–Crippen MR) is 415 cm³/mol. The van der Waals surface area contributed by atoms with Gasteiger partial charge < -0.3 is 98.4 Å². The third kappa shape index (κ3) is 28.1. The second kappa shape index (κ2) is 46.1. The Balaban J connectivity index is 1.80. The smallest absolute Gasteiger partial charge is 0.331 e. The van der Waals surface area contributed by atoms with Gasteiger partial charge in [0.05, 0.1) is 18.4 Å². The molecule has 620 valence electrons. The summed E-state index contributed by atoms with van der Waals surface area (Å²) in [5.74, 6) is -16.9. The summed E-state index contributed by atoms with van der Waals surface area (Å²) in [6.45, 7) is 18.5. The van der Waals surface area contributed by atoms with Crippen molar-refractivity contribution in [3.63, 3.8) is 0 Å². The molecule has 18 atom stereocenters. The second-order valence-corrected chi connectivity index (χ2v) is 31.3. The fourth-order valence-corrected chi connectivity index (χ4v) is 14.9. The van der Waals surface area contributed by atoms with Crippen molar-refractivity contribution in [3.8, 4) is 0 Å². The third-order valence-corrected chi connectivity index (χ3v) is 22.6. The van der Waals surface area contributed by atoms with Crippen molar-refractivity contribution < 1.29 is 96.7 Å². The number of methoxy groups -OCH3 is 1. The van der Waals surface area contributed by atoms with Crippen LogP contribution in [0, 0.1) is 17.8 Å². The fourth-order valence-electron chi connectivity index (χ4n) is 12.5. The van der Waals surface area contributed by atoms with Gasteiger partial charge in [0.25, 0.3) is 5.91 Å². The number of hydrogen-bond acceptors (Lipinski definition) is 22. The first-order valence-corrected chi connectivity index (χ1v) is 40.5. The molecule has 2 aromatic carbocycles. The van der Waals surface area contributed by atoms with E-state index in [1.54, 1.807) is 102 Å². The van der Waals surface area contributed by atoms with Gasteiger partial charge in [0.1, 0.15) is 78.6 Å².